The van der Waals surface area contributed by atoms with Crippen LogP contribution < -0.4 is 5.32 Å². The van der Waals surface area contributed by atoms with Gasteiger partial charge in [-0.05, 0) is 42.7 Å². The van der Waals surface area contributed by atoms with Gasteiger partial charge in [-0.15, -0.1) is 0 Å². The third kappa shape index (κ3) is 5.49. The van der Waals surface area contributed by atoms with Crippen LogP contribution in [0.4, 0.5) is 10.2 Å². The monoisotopic (exact) mass is 575 g/mol. The fourth-order valence-electron chi connectivity index (χ4n) is 4.53. The van der Waals surface area contributed by atoms with Crippen LogP contribution in [-0.2, 0) is 19.6 Å². The molecule has 5 aromatic rings. The molecule has 0 aliphatic rings. The topological polar surface area (TPSA) is 116 Å². The van der Waals surface area contributed by atoms with Crippen molar-refractivity contribution in [2.75, 3.05) is 12.4 Å². The van der Waals surface area contributed by atoms with Gasteiger partial charge in [0.2, 0.25) is 0 Å². The number of nitrogens with one attached hydrogen (secondary N) is 1. The fraction of sp³-hybridized carbons (Fsp3) is 0.267. The van der Waals surface area contributed by atoms with Crippen molar-refractivity contribution in [3.8, 4) is 11.4 Å². The molecular weight excluding hydrogens is 545 g/mol. The van der Waals surface area contributed by atoms with Gasteiger partial charge in [-0.2, -0.15) is 0 Å². The van der Waals surface area contributed by atoms with Crippen molar-refractivity contribution >= 4 is 43.7 Å². The van der Waals surface area contributed by atoms with Crippen LogP contribution in [0.3, 0.4) is 0 Å². The summed E-state index contributed by atoms with van der Waals surface area (Å²) >= 11 is 0. The molecule has 0 bridgehead atoms. The molecule has 0 amide bonds. The van der Waals surface area contributed by atoms with E-state index in [9.17, 15) is 17.6 Å². The minimum Gasteiger partial charge on any atom is -0.469 e. The number of para-hydroxylation sites is 1. The SMILES string of the molecule is COC(=O)C[C@@H](Nc1nc(-c2cn(S(=O)(=O)c3ccc(C)cc3)c3ncc(F)cc23)nc2ccccc12)C(C)(C)C. The number of rotatable bonds is 7. The normalized spacial score (nSPS) is 12.9. The number of hydrogen-bond donors (Lipinski definition) is 1. The number of carbonyl (C=O) groups excluding carboxylic acids is 1. The molecule has 5 rings (SSSR count). The molecule has 1 N–H and O–H groups in total. The second-order valence-corrected chi connectivity index (χ2v) is 12.8. The van der Waals surface area contributed by atoms with Gasteiger partial charge in [0.05, 0.1) is 30.1 Å². The van der Waals surface area contributed by atoms with Gasteiger partial charge in [0.1, 0.15) is 11.6 Å². The predicted octanol–water partition coefficient (Wildman–Crippen LogP) is 5.72. The average Bonchev–Trinajstić information content (AvgIpc) is 3.31. The van der Waals surface area contributed by atoms with Gasteiger partial charge in [-0.3, -0.25) is 4.79 Å². The molecule has 41 heavy (non-hydrogen) atoms. The molecule has 212 valence electrons. The lowest BCUT2D eigenvalue weighted by Gasteiger charge is -2.31. The number of hydrogen-bond acceptors (Lipinski definition) is 8. The number of halogens is 1. The maximum Gasteiger partial charge on any atom is 0.307 e. The van der Waals surface area contributed by atoms with Crippen LogP contribution >= 0.6 is 0 Å². The van der Waals surface area contributed by atoms with Crippen LogP contribution in [0.25, 0.3) is 33.3 Å². The smallest absolute Gasteiger partial charge is 0.307 e. The van der Waals surface area contributed by atoms with Crippen LogP contribution in [0.5, 0.6) is 0 Å². The zero-order valence-corrected chi connectivity index (χ0v) is 24.2. The number of fused-ring (bicyclic) bond motifs is 2. The molecule has 0 saturated carbocycles. The van der Waals surface area contributed by atoms with Gasteiger partial charge in [0, 0.05) is 28.6 Å². The number of aryl methyl sites for hydroxylation is 1. The minimum atomic E-state index is -4.08. The van der Waals surface area contributed by atoms with E-state index in [1.165, 1.54) is 31.5 Å². The summed E-state index contributed by atoms with van der Waals surface area (Å²) in [6.07, 6.45) is 2.44. The van der Waals surface area contributed by atoms with Crippen LogP contribution in [0.1, 0.15) is 32.8 Å². The molecular formula is C30H30FN5O4S. The summed E-state index contributed by atoms with van der Waals surface area (Å²) in [5, 5.41) is 4.34. The summed E-state index contributed by atoms with van der Waals surface area (Å²) < 4.78 is 47.8. The van der Waals surface area contributed by atoms with Crippen LogP contribution in [0.15, 0.2) is 71.9 Å². The molecule has 0 saturated heterocycles. The van der Waals surface area contributed by atoms with E-state index in [0.29, 0.717) is 16.7 Å². The fourth-order valence-corrected chi connectivity index (χ4v) is 5.86. The molecule has 3 heterocycles. The highest BCUT2D eigenvalue weighted by Crippen LogP contribution is 2.34. The summed E-state index contributed by atoms with van der Waals surface area (Å²) in [7, 11) is -2.74. The number of esters is 1. The number of benzene rings is 2. The van der Waals surface area contributed by atoms with Crippen molar-refractivity contribution in [2.45, 2.75) is 45.1 Å². The second-order valence-electron chi connectivity index (χ2n) is 10.9. The van der Waals surface area contributed by atoms with Gasteiger partial charge in [-0.1, -0.05) is 50.6 Å². The first-order chi connectivity index (χ1) is 19.4. The van der Waals surface area contributed by atoms with Crippen LogP contribution in [0, 0.1) is 18.2 Å². The zero-order valence-electron chi connectivity index (χ0n) is 23.3. The first-order valence-electron chi connectivity index (χ1n) is 13.0. The Labute approximate surface area is 237 Å². The maximum atomic E-state index is 14.5. The van der Waals surface area contributed by atoms with E-state index in [0.717, 1.165) is 15.7 Å². The third-order valence-corrected chi connectivity index (χ3v) is 8.62. The summed E-state index contributed by atoms with van der Waals surface area (Å²) in [5.74, 6) is -0.385. The van der Waals surface area contributed by atoms with E-state index >= 15 is 0 Å². The Balaban J connectivity index is 1.72. The lowest BCUT2D eigenvalue weighted by Crippen LogP contribution is -2.36. The van der Waals surface area contributed by atoms with Crippen molar-refractivity contribution < 1.29 is 22.3 Å². The molecule has 9 nitrogen and oxygen atoms in total. The summed E-state index contributed by atoms with van der Waals surface area (Å²) in [4.78, 5) is 25.9. The highest BCUT2D eigenvalue weighted by Gasteiger charge is 2.29. The van der Waals surface area contributed by atoms with Gasteiger partial charge in [0.15, 0.2) is 11.5 Å². The highest BCUT2D eigenvalue weighted by atomic mass is 32.2. The number of ether oxygens (including phenoxy) is 1. The molecule has 0 radical (unpaired) electrons. The van der Waals surface area contributed by atoms with E-state index in [1.54, 1.807) is 18.2 Å². The first-order valence-corrected chi connectivity index (χ1v) is 14.4. The zero-order chi connectivity index (χ0) is 29.5. The van der Waals surface area contributed by atoms with Crippen LogP contribution in [-0.4, -0.2) is 46.5 Å². The largest absolute Gasteiger partial charge is 0.469 e. The van der Waals surface area contributed by atoms with Crippen molar-refractivity contribution in [3.63, 3.8) is 0 Å². The molecule has 3 aromatic heterocycles. The Morgan fingerprint density at radius 3 is 2.46 bits per heavy atom. The van der Waals surface area contributed by atoms with Crippen molar-refractivity contribution in [2.24, 2.45) is 5.41 Å². The van der Waals surface area contributed by atoms with Crippen molar-refractivity contribution in [1.29, 1.82) is 0 Å². The van der Waals surface area contributed by atoms with Crippen molar-refractivity contribution in [3.05, 3.63) is 78.4 Å². The van der Waals surface area contributed by atoms with Gasteiger partial charge >= 0.3 is 5.97 Å². The van der Waals surface area contributed by atoms with E-state index in [4.69, 9.17) is 14.7 Å². The Bertz CT molecular complexity index is 1880. The number of pyridine rings is 1. The lowest BCUT2D eigenvalue weighted by atomic mass is 9.84. The minimum absolute atomic E-state index is 0.0477. The number of carbonyl (C=O) groups is 1. The maximum absolute atomic E-state index is 14.5. The van der Waals surface area contributed by atoms with Gasteiger partial charge in [-0.25, -0.2) is 31.7 Å². The average molecular weight is 576 g/mol. The van der Waals surface area contributed by atoms with Crippen LogP contribution in [0.2, 0.25) is 0 Å². The standard InChI is InChI=1S/C30H30FN5O4S/c1-18-10-12-20(13-11-18)41(38,39)36-17-23(22-14-19(31)16-32-29(22)36)28-33-24-9-7-6-8-21(24)27(35-28)34-25(30(2,3)4)15-26(37)40-5/h6-14,16-17,25H,15H2,1-5H3,(H,33,34,35)/t25-/m1/s1. The number of aromatic nitrogens is 4. The van der Waals surface area contributed by atoms with E-state index in [2.05, 4.69) is 10.3 Å². The summed E-state index contributed by atoms with van der Waals surface area (Å²) in [6.45, 7) is 7.85. The number of anilines is 1. The summed E-state index contributed by atoms with van der Waals surface area (Å²) in [6, 6.07) is 14.6. The van der Waals surface area contributed by atoms with E-state index in [1.807, 2.05) is 45.9 Å². The number of nitrogens with zero attached hydrogens (tertiary/aromatic N) is 4. The lowest BCUT2D eigenvalue weighted by molar-refractivity contribution is -0.141. The quantitative estimate of drug-likeness (QED) is 0.245. The molecule has 0 unspecified atom stereocenters. The third-order valence-electron chi connectivity index (χ3n) is 6.96. The molecule has 1 atom stereocenters. The predicted molar refractivity (Wildman–Crippen MR) is 155 cm³/mol. The molecule has 0 fully saturated rings. The Hall–Kier alpha value is -4.38. The highest BCUT2D eigenvalue weighted by molar-refractivity contribution is 7.90. The Morgan fingerprint density at radius 1 is 1.07 bits per heavy atom. The molecule has 0 aliphatic heterocycles. The summed E-state index contributed by atoms with van der Waals surface area (Å²) in [5.41, 5.74) is 1.47. The molecule has 2 aromatic carbocycles. The molecule has 0 spiro atoms. The van der Waals surface area contributed by atoms with E-state index < -0.39 is 15.8 Å². The van der Waals surface area contributed by atoms with Gasteiger partial charge in [0.25, 0.3) is 10.0 Å². The number of methoxy groups -OCH3 is 1. The molecule has 11 heteroatoms. The molecule has 0 aliphatic carbocycles. The Kier molecular flexibility index (Phi) is 7.24. The second kappa shape index (κ2) is 10.5. The Morgan fingerprint density at radius 2 is 1.78 bits per heavy atom. The first kappa shape index (κ1) is 28.2. The van der Waals surface area contributed by atoms with Crippen molar-refractivity contribution in [1.82, 2.24) is 18.9 Å². The van der Waals surface area contributed by atoms with E-state index in [-0.39, 0.29) is 51.2 Å². The van der Waals surface area contributed by atoms with Gasteiger partial charge < -0.3 is 10.1 Å².